The normalized spacial score (nSPS) is 45.0. The van der Waals surface area contributed by atoms with Crippen LogP contribution in [0.4, 0.5) is 0 Å². The zero-order valence-electron chi connectivity index (χ0n) is 14.5. The fourth-order valence-corrected chi connectivity index (χ4v) is 4.62. The fourth-order valence-electron chi connectivity index (χ4n) is 4.62. The zero-order valence-corrected chi connectivity index (χ0v) is 14.5. The lowest BCUT2D eigenvalue weighted by atomic mass is 9.56. The summed E-state index contributed by atoms with van der Waals surface area (Å²) in [6.45, 7) is 10.2. The predicted octanol–water partition coefficient (Wildman–Crippen LogP) is 3.49. The van der Waals surface area contributed by atoms with Crippen molar-refractivity contribution in [3.05, 3.63) is 0 Å². The van der Waals surface area contributed by atoms with Crippen LogP contribution in [0.15, 0.2) is 0 Å². The Balaban J connectivity index is 2.16. The Kier molecular flexibility index (Phi) is 5.07. The molecule has 1 aliphatic carbocycles. The minimum Gasteiger partial charge on any atom is -0.389 e. The molecule has 0 amide bonds. The summed E-state index contributed by atoms with van der Waals surface area (Å²) in [4.78, 5) is 0. The first-order valence-corrected chi connectivity index (χ1v) is 8.86. The molecule has 3 heteroatoms. The van der Waals surface area contributed by atoms with Gasteiger partial charge in [-0.25, -0.2) is 0 Å². The van der Waals surface area contributed by atoms with Crippen molar-refractivity contribution in [2.24, 2.45) is 23.0 Å². The maximum absolute atomic E-state index is 11.5. The van der Waals surface area contributed by atoms with Crippen LogP contribution in [0.1, 0.15) is 72.6 Å². The molecule has 0 aromatic heterocycles. The second-order valence-electron chi connectivity index (χ2n) is 8.18. The molecule has 0 aromatic rings. The molecule has 124 valence electrons. The van der Waals surface area contributed by atoms with Crippen LogP contribution in [0.3, 0.4) is 0 Å². The third kappa shape index (κ3) is 3.16. The number of nitrogens with two attached hydrogens (primary N) is 1. The standard InChI is InChI=1S/C18H35NO2/c1-5-16(4)12-18(20,10-11-21-16)17(13-19)8-6-15(7-9-17)14(2)3/h14-15,20H,5-13,19H2,1-4H3. The largest absolute Gasteiger partial charge is 0.389 e. The first-order chi connectivity index (χ1) is 9.80. The number of rotatable bonds is 4. The number of aliphatic hydroxyl groups is 1. The Hall–Kier alpha value is -0.120. The van der Waals surface area contributed by atoms with E-state index in [0.29, 0.717) is 13.2 Å². The highest BCUT2D eigenvalue weighted by atomic mass is 16.5. The van der Waals surface area contributed by atoms with Crippen molar-refractivity contribution in [1.29, 1.82) is 0 Å². The highest BCUT2D eigenvalue weighted by molar-refractivity contribution is 5.06. The quantitative estimate of drug-likeness (QED) is 0.835. The molecular formula is C18H35NO2. The average molecular weight is 297 g/mol. The lowest BCUT2D eigenvalue weighted by Crippen LogP contribution is -2.60. The minimum absolute atomic E-state index is 0.0986. The van der Waals surface area contributed by atoms with E-state index in [9.17, 15) is 5.11 Å². The molecule has 3 N–H and O–H groups in total. The van der Waals surface area contributed by atoms with Crippen molar-refractivity contribution >= 4 is 0 Å². The summed E-state index contributed by atoms with van der Waals surface area (Å²) in [6.07, 6.45) is 6.99. The summed E-state index contributed by atoms with van der Waals surface area (Å²) < 4.78 is 5.95. The Morgan fingerprint density at radius 2 is 1.86 bits per heavy atom. The highest BCUT2D eigenvalue weighted by Gasteiger charge is 2.55. The monoisotopic (exact) mass is 297 g/mol. The molecule has 2 fully saturated rings. The van der Waals surface area contributed by atoms with E-state index < -0.39 is 5.60 Å². The lowest BCUT2D eigenvalue weighted by Gasteiger charge is -2.56. The van der Waals surface area contributed by atoms with E-state index in [1.807, 2.05) is 0 Å². The van der Waals surface area contributed by atoms with Gasteiger partial charge in [0.05, 0.1) is 17.8 Å². The van der Waals surface area contributed by atoms with Gasteiger partial charge in [-0.05, 0) is 50.9 Å². The van der Waals surface area contributed by atoms with E-state index >= 15 is 0 Å². The van der Waals surface area contributed by atoms with E-state index in [1.54, 1.807) is 0 Å². The van der Waals surface area contributed by atoms with Gasteiger partial charge in [-0.2, -0.15) is 0 Å². The van der Waals surface area contributed by atoms with Gasteiger partial charge in [-0.15, -0.1) is 0 Å². The van der Waals surface area contributed by atoms with Gasteiger partial charge in [0.1, 0.15) is 0 Å². The Morgan fingerprint density at radius 1 is 1.24 bits per heavy atom. The maximum atomic E-state index is 11.5. The SMILES string of the molecule is CCC1(C)CC(O)(C2(CN)CCC(C(C)C)CC2)CCO1. The van der Waals surface area contributed by atoms with Gasteiger partial charge >= 0.3 is 0 Å². The molecule has 0 spiro atoms. The van der Waals surface area contributed by atoms with Crippen molar-refractivity contribution in [2.45, 2.75) is 83.8 Å². The first-order valence-electron chi connectivity index (χ1n) is 8.86. The maximum Gasteiger partial charge on any atom is 0.0765 e. The number of hydrogen-bond donors (Lipinski definition) is 2. The van der Waals surface area contributed by atoms with Crippen LogP contribution in [0.5, 0.6) is 0 Å². The van der Waals surface area contributed by atoms with Crippen LogP contribution in [-0.2, 0) is 4.74 Å². The average Bonchev–Trinajstić information content (AvgIpc) is 2.47. The predicted molar refractivity (Wildman–Crippen MR) is 87.1 cm³/mol. The van der Waals surface area contributed by atoms with Gasteiger partial charge < -0.3 is 15.6 Å². The molecule has 0 radical (unpaired) electrons. The molecule has 0 bridgehead atoms. The van der Waals surface area contributed by atoms with Gasteiger partial charge in [0.25, 0.3) is 0 Å². The second kappa shape index (κ2) is 6.17. The van der Waals surface area contributed by atoms with Crippen LogP contribution >= 0.6 is 0 Å². The lowest BCUT2D eigenvalue weighted by molar-refractivity contribution is -0.209. The third-order valence-electron chi connectivity index (χ3n) is 6.69. The second-order valence-corrected chi connectivity index (χ2v) is 8.18. The molecule has 1 saturated carbocycles. The minimum atomic E-state index is -0.646. The van der Waals surface area contributed by atoms with Gasteiger partial charge in [0, 0.05) is 24.8 Å². The molecule has 2 unspecified atom stereocenters. The van der Waals surface area contributed by atoms with E-state index in [1.165, 1.54) is 12.8 Å². The molecule has 1 heterocycles. The van der Waals surface area contributed by atoms with Crippen LogP contribution in [0, 0.1) is 17.3 Å². The zero-order chi connectivity index (χ0) is 15.7. The van der Waals surface area contributed by atoms with Crippen molar-refractivity contribution in [2.75, 3.05) is 13.2 Å². The summed E-state index contributed by atoms with van der Waals surface area (Å²) in [5.74, 6) is 1.54. The van der Waals surface area contributed by atoms with Crippen molar-refractivity contribution in [3.63, 3.8) is 0 Å². The van der Waals surface area contributed by atoms with Gasteiger partial charge in [-0.1, -0.05) is 20.8 Å². The van der Waals surface area contributed by atoms with Crippen LogP contribution in [0.2, 0.25) is 0 Å². The molecule has 21 heavy (non-hydrogen) atoms. The van der Waals surface area contributed by atoms with Gasteiger partial charge in [-0.3, -0.25) is 0 Å². The molecule has 0 aromatic carbocycles. The van der Waals surface area contributed by atoms with E-state index in [2.05, 4.69) is 27.7 Å². The van der Waals surface area contributed by atoms with Crippen molar-refractivity contribution < 1.29 is 9.84 Å². The first kappa shape index (κ1) is 17.2. The van der Waals surface area contributed by atoms with Crippen LogP contribution in [-0.4, -0.2) is 29.5 Å². The molecule has 1 aliphatic heterocycles. The Bertz CT molecular complexity index is 349. The molecule has 2 rings (SSSR count). The van der Waals surface area contributed by atoms with E-state index in [4.69, 9.17) is 10.5 Å². The van der Waals surface area contributed by atoms with Gasteiger partial charge in [0.2, 0.25) is 0 Å². The smallest absolute Gasteiger partial charge is 0.0765 e. The van der Waals surface area contributed by atoms with Crippen LogP contribution in [0.25, 0.3) is 0 Å². The highest BCUT2D eigenvalue weighted by Crippen LogP contribution is 2.53. The van der Waals surface area contributed by atoms with E-state index in [0.717, 1.165) is 43.9 Å². The summed E-state index contributed by atoms with van der Waals surface area (Å²) in [6, 6.07) is 0. The van der Waals surface area contributed by atoms with Crippen molar-refractivity contribution in [1.82, 2.24) is 0 Å². The Morgan fingerprint density at radius 3 is 2.33 bits per heavy atom. The number of hydrogen-bond acceptors (Lipinski definition) is 3. The summed E-state index contributed by atoms with van der Waals surface area (Å²) in [5, 5.41) is 11.5. The molecule has 1 saturated heterocycles. The summed E-state index contributed by atoms with van der Waals surface area (Å²) >= 11 is 0. The van der Waals surface area contributed by atoms with Crippen molar-refractivity contribution in [3.8, 4) is 0 Å². The van der Waals surface area contributed by atoms with E-state index in [-0.39, 0.29) is 11.0 Å². The molecular weight excluding hydrogens is 262 g/mol. The summed E-state index contributed by atoms with van der Waals surface area (Å²) in [5.41, 5.74) is 5.27. The molecule has 2 aliphatic rings. The van der Waals surface area contributed by atoms with Crippen LogP contribution < -0.4 is 5.73 Å². The van der Waals surface area contributed by atoms with Gasteiger partial charge in [0.15, 0.2) is 0 Å². The summed E-state index contributed by atoms with van der Waals surface area (Å²) in [7, 11) is 0. The number of ether oxygens (including phenoxy) is 1. The third-order valence-corrected chi connectivity index (χ3v) is 6.69. The Labute approximate surface area is 130 Å². The fraction of sp³-hybridized carbons (Fsp3) is 1.00. The molecule has 2 atom stereocenters. The topological polar surface area (TPSA) is 55.5 Å². The molecule has 3 nitrogen and oxygen atoms in total.